The Bertz CT molecular complexity index is 1150. The predicted molar refractivity (Wildman–Crippen MR) is 128 cm³/mol. The summed E-state index contributed by atoms with van der Waals surface area (Å²) in [6.07, 6.45) is 1.06. The average Bonchev–Trinajstić information content (AvgIpc) is 3.18. The van der Waals surface area contributed by atoms with Crippen LogP contribution in [0.5, 0.6) is 0 Å². The molecule has 3 nitrogen and oxygen atoms in total. The number of carbonyl (C=O) groups is 1. The Balaban J connectivity index is 2.05. The molecule has 1 aromatic heterocycles. The van der Waals surface area contributed by atoms with Crippen molar-refractivity contribution in [2.75, 3.05) is 6.61 Å². The lowest BCUT2D eigenvalue weighted by Gasteiger charge is -2.19. The first-order valence-electron chi connectivity index (χ1n) is 10.3. The maximum Gasteiger partial charge on any atom is 0.311 e. The summed E-state index contributed by atoms with van der Waals surface area (Å²) in [4.78, 5) is 12.6. The minimum atomic E-state index is -0.260. The number of benzene rings is 2. The molecular weight excluding hydrogens is 453 g/mol. The van der Waals surface area contributed by atoms with Gasteiger partial charge in [0.15, 0.2) is 0 Å². The van der Waals surface area contributed by atoms with Gasteiger partial charge >= 0.3 is 5.97 Å². The predicted octanol–water partition coefficient (Wildman–Crippen LogP) is 7.47. The van der Waals surface area contributed by atoms with Crippen LogP contribution in [0.1, 0.15) is 32.2 Å². The molecule has 0 amide bonds. The van der Waals surface area contributed by atoms with Crippen LogP contribution in [0, 0.1) is 5.41 Å². The van der Waals surface area contributed by atoms with Crippen molar-refractivity contribution in [3.05, 3.63) is 68.9 Å². The van der Waals surface area contributed by atoms with Gasteiger partial charge in [0.1, 0.15) is 0 Å². The fourth-order valence-corrected chi connectivity index (χ4v) is 5.12. The van der Waals surface area contributed by atoms with E-state index in [-0.39, 0.29) is 17.8 Å². The first kappa shape index (κ1) is 22.3. The quantitative estimate of drug-likeness (QED) is 0.282. The Kier molecular flexibility index (Phi) is 6.13. The van der Waals surface area contributed by atoms with Gasteiger partial charge in [-0.2, -0.15) is 0 Å². The highest BCUT2D eigenvalue weighted by Gasteiger charge is 2.37. The number of hydrogen-bond acceptors (Lipinski definition) is 2. The lowest BCUT2D eigenvalue weighted by Crippen LogP contribution is -2.16. The number of rotatable bonds is 5. The molecule has 2 heterocycles. The molecule has 6 heteroatoms. The van der Waals surface area contributed by atoms with E-state index in [9.17, 15) is 4.79 Å². The van der Waals surface area contributed by atoms with Crippen molar-refractivity contribution in [3.8, 4) is 22.3 Å². The van der Waals surface area contributed by atoms with Crippen molar-refractivity contribution in [1.82, 2.24) is 4.57 Å². The van der Waals surface area contributed by atoms with Gasteiger partial charge in [-0.15, -0.1) is 0 Å². The highest BCUT2D eigenvalue weighted by molar-refractivity contribution is 6.49. The summed E-state index contributed by atoms with van der Waals surface area (Å²) in [7, 11) is 0. The van der Waals surface area contributed by atoms with Crippen molar-refractivity contribution in [3.63, 3.8) is 0 Å². The number of hydrogen-bond donors (Lipinski definition) is 0. The fraction of sp³-hybridized carbons (Fsp3) is 0.320. The summed E-state index contributed by atoms with van der Waals surface area (Å²) in [5.74, 6) is -0.260. The van der Waals surface area contributed by atoms with Crippen LogP contribution in [0.4, 0.5) is 0 Å². The molecule has 0 radical (unpaired) electrons. The number of nitrogens with zero attached hydrogens (tertiary/aromatic N) is 1. The SMILES string of the molecule is CCOC(=O)Cc1c(-c2ccc(Cl)c(Cl)c2Cl)c(-c2ccccc2)c2n1CC(C)(C)C2. The van der Waals surface area contributed by atoms with E-state index in [4.69, 9.17) is 39.5 Å². The first-order valence-corrected chi connectivity index (χ1v) is 11.5. The van der Waals surface area contributed by atoms with Gasteiger partial charge in [0, 0.05) is 34.6 Å². The number of halogens is 3. The third kappa shape index (κ3) is 4.11. The molecule has 0 aliphatic carbocycles. The van der Waals surface area contributed by atoms with Crippen molar-refractivity contribution >= 4 is 40.8 Å². The van der Waals surface area contributed by atoms with Crippen LogP contribution in [0.2, 0.25) is 15.1 Å². The molecular formula is C25H24Cl3NO2. The van der Waals surface area contributed by atoms with Crippen molar-refractivity contribution in [1.29, 1.82) is 0 Å². The van der Waals surface area contributed by atoms with Crippen LogP contribution < -0.4 is 0 Å². The minimum absolute atomic E-state index is 0.0856. The van der Waals surface area contributed by atoms with Gasteiger partial charge in [0.25, 0.3) is 0 Å². The molecule has 1 aliphatic rings. The number of esters is 1. The number of aromatic nitrogens is 1. The lowest BCUT2D eigenvalue weighted by molar-refractivity contribution is -0.142. The zero-order chi connectivity index (χ0) is 22.3. The normalized spacial score (nSPS) is 14.5. The molecule has 0 unspecified atom stereocenters. The third-order valence-electron chi connectivity index (χ3n) is 5.70. The van der Waals surface area contributed by atoms with Crippen molar-refractivity contribution in [2.24, 2.45) is 5.41 Å². The zero-order valence-electron chi connectivity index (χ0n) is 17.8. The van der Waals surface area contributed by atoms with Crippen LogP contribution >= 0.6 is 34.8 Å². The van der Waals surface area contributed by atoms with Crippen molar-refractivity contribution in [2.45, 2.75) is 40.2 Å². The van der Waals surface area contributed by atoms with E-state index in [0.29, 0.717) is 21.7 Å². The molecule has 0 atom stereocenters. The second kappa shape index (κ2) is 8.54. The van der Waals surface area contributed by atoms with Gasteiger partial charge in [-0.25, -0.2) is 0 Å². The number of ether oxygens (including phenoxy) is 1. The van der Waals surface area contributed by atoms with E-state index in [1.54, 1.807) is 6.07 Å². The second-order valence-electron chi connectivity index (χ2n) is 8.64. The topological polar surface area (TPSA) is 31.2 Å². The average molecular weight is 477 g/mol. The molecule has 0 saturated carbocycles. The summed E-state index contributed by atoms with van der Waals surface area (Å²) in [6, 6.07) is 13.8. The van der Waals surface area contributed by atoms with Crippen LogP contribution in [0.15, 0.2) is 42.5 Å². The number of fused-ring (bicyclic) bond motifs is 1. The summed E-state index contributed by atoms with van der Waals surface area (Å²) in [5.41, 5.74) is 6.05. The van der Waals surface area contributed by atoms with Gasteiger partial charge < -0.3 is 9.30 Å². The van der Waals surface area contributed by atoms with Gasteiger partial charge in [0.2, 0.25) is 0 Å². The van der Waals surface area contributed by atoms with E-state index in [0.717, 1.165) is 40.9 Å². The van der Waals surface area contributed by atoms with E-state index in [2.05, 4.69) is 30.5 Å². The Hall–Kier alpha value is -1.94. The molecule has 31 heavy (non-hydrogen) atoms. The van der Waals surface area contributed by atoms with Crippen LogP contribution in [-0.4, -0.2) is 17.1 Å². The molecule has 162 valence electrons. The molecule has 3 aromatic rings. The Morgan fingerprint density at radius 1 is 1.03 bits per heavy atom. The van der Waals surface area contributed by atoms with Crippen LogP contribution in [0.3, 0.4) is 0 Å². The molecule has 1 aliphatic heterocycles. The summed E-state index contributed by atoms with van der Waals surface area (Å²) < 4.78 is 7.58. The third-order valence-corrected chi connectivity index (χ3v) is 6.99. The molecule has 0 saturated heterocycles. The van der Waals surface area contributed by atoms with Crippen molar-refractivity contribution < 1.29 is 9.53 Å². The van der Waals surface area contributed by atoms with E-state index in [1.165, 1.54) is 5.69 Å². The molecule has 4 rings (SSSR count). The summed E-state index contributed by atoms with van der Waals surface area (Å²) >= 11 is 19.3. The smallest absolute Gasteiger partial charge is 0.311 e. The van der Waals surface area contributed by atoms with E-state index in [1.807, 2.05) is 31.2 Å². The van der Waals surface area contributed by atoms with Crippen LogP contribution in [0.25, 0.3) is 22.3 Å². The van der Waals surface area contributed by atoms with E-state index >= 15 is 0 Å². The number of carbonyl (C=O) groups excluding carboxylic acids is 1. The van der Waals surface area contributed by atoms with Gasteiger partial charge in [0.05, 0.1) is 28.1 Å². The molecule has 0 N–H and O–H groups in total. The van der Waals surface area contributed by atoms with E-state index < -0.39 is 0 Å². The molecule has 0 bridgehead atoms. The highest BCUT2D eigenvalue weighted by Crippen LogP contribution is 2.49. The highest BCUT2D eigenvalue weighted by atomic mass is 35.5. The maximum absolute atomic E-state index is 12.6. The molecule has 0 spiro atoms. The molecule has 0 fully saturated rings. The maximum atomic E-state index is 12.6. The Morgan fingerprint density at radius 2 is 1.74 bits per heavy atom. The second-order valence-corrected chi connectivity index (χ2v) is 9.80. The standard InChI is InChI=1S/C25H24Cl3NO2/c1-4-31-20(30)12-18-22(16-10-11-17(26)24(28)23(16)27)21(15-8-6-5-7-9-15)19-13-25(2,3)14-29(18)19/h5-11H,4,12-14H2,1-3H3. The monoisotopic (exact) mass is 475 g/mol. The van der Waals surface area contributed by atoms with Crippen LogP contribution in [-0.2, 0) is 28.9 Å². The van der Waals surface area contributed by atoms with Gasteiger partial charge in [-0.1, -0.05) is 85.0 Å². The fourth-order valence-electron chi connectivity index (χ4n) is 4.49. The largest absolute Gasteiger partial charge is 0.466 e. The Labute approximate surface area is 197 Å². The zero-order valence-corrected chi connectivity index (χ0v) is 20.0. The minimum Gasteiger partial charge on any atom is -0.466 e. The Morgan fingerprint density at radius 3 is 2.42 bits per heavy atom. The summed E-state index contributed by atoms with van der Waals surface area (Å²) in [6.45, 7) is 7.46. The molecule has 2 aromatic carbocycles. The first-order chi connectivity index (χ1) is 14.7. The van der Waals surface area contributed by atoms with Gasteiger partial charge in [-0.05, 0) is 30.4 Å². The summed E-state index contributed by atoms with van der Waals surface area (Å²) in [5, 5.41) is 1.10. The lowest BCUT2D eigenvalue weighted by atomic mass is 9.86. The van der Waals surface area contributed by atoms with Gasteiger partial charge in [-0.3, -0.25) is 4.79 Å².